The maximum Gasteiger partial charge on any atom is 0.339 e. The SMILES string of the molecule is COC(=O)c1cnc2c(ccn2CC(=O)N2[C@H](C)CC[C@H]2C(=O)Nc2cccc(Br)n2)c1. The fourth-order valence-electron chi connectivity index (χ4n) is 4.01. The smallest absolute Gasteiger partial charge is 0.339 e. The number of pyridine rings is 2. The first-order chi connectivity index (χ1) is 15.4. The van der Waals surface area contributed by atoms with Gasteiger partial charge in [-0.1, -0.05) is 6.07 Å². The van der Waals surface area contributed by atoms with Gasteiger partial charge in [0.25, 0.3) is 0 Å². The number of amides is 2. The second-order valence-electron chi connectivity index (χ2n) is 7.65. The number of rotatable bonds is 5. The lowest BCUT2D eigenvalue weighted by molar-refractivity contribution is -0.138. The van der Waals surface area contributed by atoms with Crippen molar-refractivity contribution < 1.29 is 19.1 Å². The second kappa shape index (κ2) is 9.07. The summed E-state index contributed by atoms with van der Waals surface area (Å²) in [5.41, 5.74) is 0.923. The van der Waals surface area contributed by atoms with Gasteiger partial charge in [0.05, 0.1) is 12.7 Å². The fourth-order valence-corrected chi connectivity index (χ4v) is 4.36. The van der Waals surface area contributed by atoms with Crippen LogP contribution >= 0.6 is 15.9 Å². The standard InChI is InChI=1S/C22H22BrN5O4/c1-13-6-7-16(21(30)26-18-5-3-4-17(23)25-18)28(13)19(29)12-27-9-8-14-10-15(22(31)32-2)11-24-20(14)27/h3-5,8-11,13,16H,6-7,12H2,1-2H3,(H,25,26,30)/t13-,16+/m1/s1. The third kappa shape index (κ3) is 4.36. The van der Waals surface area contributed by atoms with Crippen molar-refractivity contribution in [3.05, 3.63) is 52.9 Å². The topological polar surface area (TPSA) is 106 Å². The molecule has 0 aliphatic carbocycles. The summed E-state index contributed by atoms with van der Waals surface area (Å²) in [6.07, 6.45) is 4.50. The Morgan fingerprint density at radius 3 is 2.81 bits per heavy atom. The van der Waals surface area contributed by atoms with E-state index in [2.05, 4.69) is 31.2 Å². The molecule has 1 aliphatic heterocycles. The Morgan fingerprint density at radius 1 is 1.25 bits per heavy atom. The first kappa shape index (κ1) is 21.9. The molecule has 9 nitrogen and oxygen atoms in total. The Hall–Kier alpha value is -3.27. The van der Waals surface area contributed by atoms with Crippen molar-refractivity contribution in [3.63, 3.8) is 0 Å². The number of halogens is 1. The summed E-state index contributed by atoms with van der Waals surface area (Å²) in [5.74, 6) is -0.471. The number of carbonyl (C=O) groups excluding carboxylic acids is 3. The fraction of sp³-hybridized carbons (Fsp3) is 0.318. The van der Waals surface area contributed by atoms with Crippen LogP contribution in [0.3, 0.4) is 0 Å². The van der Waals surface area contributed by atoms with Crippen LogP contribution in [0, 0.1) is 0 Å². The highest BCUT2D eigenvalue weighted by atomic mass is 79.9. The quantitative estimate of drug-likeness (QED) is 0.427. The van der Waals surface area contributed by atoms with Crippen LogP contribution in [0.5, 0.6) is 0 Å². The Kier molecular flexibility index (Phi) is 6.22. The molecule has 4 heterocycles. The van der Waals surface area contributed by atoms with Gasteiger partial charge in [-0.05, 0) is 60.0 Å². The summed E-state index contributed by atoms with van der Waals surface area (Å²) in [4.78, 5) is 48.0. The van der Waals surface area contributed by atoms with E-state index < -0.39 is 12.0 Å². The van der Waals surface area contributed by atoms with Gasteiger partial charge in [0, 0.05) is 23.8 Å². The number of methoxy groups -OCH3 is 1. The zero-order valence-corrected chi connectivity index (χ0v) is 19.2. The molecule has 0 spiro atoms. The molecule has 1 N–H and O–H groups in total. The van der Waals surface area contributed by atoms with Crippen LogP contribution in [0.4, 0.5) is 5.82 Å². The van der Waals surface area contributed by atoms with Crippen LogP contribution in [0.15, 0.2) is 47.3 Å². The monoisotopic (exact) mass is 499 g/mol. The van der Waals surface area contributed by atoms with Crippen molar-refractivity contribution in [1.29, 1.82) is 0 Å². The number of ether oxygens (including phenoxy) is 1. The molecular formula is C22H22BrN5O4. The van der Waals surface area contributed by atoms with E-state index in [1.54, 1.807) is 46.0 Å². The molecule has 10 heteroatoms. The van der Waals surface area contributed by atoms with E-state index in [0.717, 1.165) is 11.8 Å². The van der Waals surface area contributed by atoms with Crippen molar-refractivity contribution in [2.45, 2.75) is 38.4 Å². The molecule has 3 aromatic rings. The number of nitrogens with one attached hydrogen (secondary N) is 1. The predicted molar refractivity (Wildman–Crippen MR) is 121 cm³/mol. The molecule has 32 heavy (non-hydrogen) atoms. The number of anilines is 1. The minimum atomic E-state index is -0.570. The maximum absolute atomic E-state index is 13.2. The van der Waals surface area contributed by atoms with Crippen molar-refractivity contribution >= 4 is 50.6 Å². The number of likely N-dealkylation sites (tertiary alicyclic amines) is 1. The summed E-state index contributed by atoms with van der Waals surface area (Å²) < 4.78 is 7.06. The Morgan fingerprint density at radius 2 is 2.06 bits per heavy atom. The minimum Gasteiger partial charge on any atom is -0.465 e. The number of carbonyl (C=O) groups is 3. The summed E-state index contributed by atoms with van der Waals surface area (Å²) in [6.45, 7) is 1.98. The molecule has 1 aliphatic rings. The van der Waals surface area contributed by atoms with Crippen LogP contribution in [-0.2, 0) is 20.9 Å². The predicted octanol–water partition coefficient (Wildman–Crippen LogP) is 3.00. The number of aromatic nitrogens is 3. The highest BCUT2D eigenvalue weighted by Gasteiger charge is 2.38. The van der Waals surface area contributed by atoms with Gasteiger partial charge in [-0.15, -0.1) is 0 Å². The highest BCUT2D eigenvalue weighted by molar-refractivity contribution is 9.10. The minimum absolute atomic E-state index is 0.0390. The van der Waals surface area contributed by atoms with Crippen molar-refractivity contribution in [3.8, 4) is 0 Å². The van der Waals surface area contributed by atoms with Crippen LogP contribution in [-0.4, -0.2) is 56.4 Å². The van der Waals surface area contributed by atoms with E-state index in [1.165, 1.54) is 13.3 Å². The molecule has 1 saturated heterocycles. The molecule has 0 aromatic carbocycles. The molecule has 2 amide bonds. The van der Waals surface area contributed by atoms with E-state index in [-0.39, 0.29) is 24.4 Å². The Balaban J connectivity index is 1.51. The van der Waals surface area contributed by atoms with Gasteiger partial charge in [0.15, 0.2) is 0 Å². The van der Waals surface area contributed by atoms with Gasteiger partial charge in [0.2, 0.25) is 11.8 Å². The highest BCUT2D eigenvalue weighted by Crippen LogP contribution is 2.26. The number of hydrogen-bond donors (Lipinski definition) is 1. The molecule has 166 valence electrons. The van der Waals surface area contributed by atoms with Gasteiger partial charge >= 0.3 is 5.97 Å². The van der Waals surface area contributed by atoms with Gasteiger partial charge in [-0.2, -0.15) is 0 Å². The van der Waals surface area contributed by atoms with Gasteiger partial charge in [0.1, 0.15) is 28.7 Å². The number of esters is 1. The van der Waals surface area contributed by atoms with Gasteiger partial charge < -0.3 is 19.5 Å². The molecule has 2 atom stereocenters. The Labute approximate surface area is 192 Å². The lowest BCUT2D eigenvalue weighted by Gasteiger charge is -2.28. The summed E-state index contributed by atoms with van der Waals surface area (Å²) >= 11 is 3.29. The van der Waals surface area contributed by atoms with E-state index in [4.69, 9.17) is 4.74 Å². The van der Waals surface area contributed by atoms with Crippen LogP contribution in [0.2, 0.25) is 0 Å². The molecule has 1 fully saturated rings. The average Bonchev–Trinajstić information content (AvgIpc) is 3.36. The van der Waals surface area contributed by atoms with E-state index in [0.29, 0.717) is 28.1 Å². The lowest BCUT2D eigenvalue weighted by Crippen LogP contribution is -2.47. The normalized spacial score (nSPS) is 18.0. The number of fused-ring (bicyclic) bond motifs is 1. The molecule has 0 unspecified atom stereocenters. The zero-order chi connectivity index (χ0) is 22.8. The summed E-state index contributed by atoms with van der Waals surface area (Å²) in [5, 5.41) is 3.53. The van der Waals surface area contributed by atoms with Gasteiger partial charge in [-0.3, -0.25) is 9.59 Å². The van der Waals surface area contributed by atoms with Crippen molar-refractivity contribution in [1.82, 2.24) is 19.4 Å². The van der Waals surface area contributed by atoms with Crippen LogP contribution in [0.1, 0.15) is 30.1 Å². The molecular weight excluding hydrogens is 478 g/mol. The van der Waals surface area contributed by atoms with Crippen molar-refractivity contribution in [2.24, 2.45) is 0 Å². The molecule has 0 saturated carbocycles. The zero-order valence-electron chi connectivity index (χ0n) is 17.6. The first-order valence-corrected chi connectivity index (χ1v) is 10.9. The summed E-state index contributed by atoms with van der Waals surface area (Å²) in [7, 11) is 1.31. The largest absolute Gasteiger partial charge is 0.465 e. The third-order valence-electron chi connectivity index (χ3n) is 5.55. The van der Waals surface area contributed by atoms with Gasteiger partial charge in [-0.25, -0.2) is 14.8 Å². The third-order valence-corrected chi connectivity index (χ3v) is 6.00. The maximum atomic E-state index is 13.2. The lowest BCUT2D eigenvalue weighted by atomic mass is 10.2. The molecule has 0 radical (unpaired) electrons. The Bertz CT molecular complexity index is 1190. The summed E-state index contributed by atoms with van der Waals surface area (Å²) in [6, 6.07) is 8.09. The van der Waals surface area contributed by atoms with E-state index in [1.807, 2.05) is 6.92 Å². The van der Waals surface area contributed by atoms with Crippen molar-refractivity contribution in [2.75, 3.05) is 12.4 Å². The molecule has 0 bridgehead atoms. The molecule has 4 rings (SSSR count). The molecule has 3 aromatic heterocycles. The van der Waals surface area contributed by atoms with E-state index >= 15 is 0 Å². The number of nitrogens with zero attached hydrogens (tertiary/aromatic N) is 4. The van der Waals surface area contributed by atoms with E-state index in [9.17, 15) is 14.4 Å². The average molecular weight is 500 g/mol. The second-order valence-corrected chi connectivity index (χ2v) is 8.46. The van der Waals surface area contributed by atoms with Crippen LogP contribution < -0.4 is 5.32 Å². The first-order valence-electron chi connectivity index (χ1n) is 10.1. The number of hydrogen-bond acceptors (Lipinski definition) is 6. The van der Waals surface area contributed by atoms with Crippen LogP contribution in [0.25, 0.3) is 11.0 Å².